The fourth-order valence-electron chi connectivity index (χ4n) is 0.710. The van der Waals surface area contributed by atoms with Crippen LogP contribution in [0.1, 0.15) is 0 Å². The molecule has 0 radical (unpaired) electrons. The van der Waals surface area contributed by atoms with Gasteiger partial charge in [0, 0.05) is 12.6 Å². The van der Waals surface area contributed by atoms with Crippen molar-refractivity contribution in [2.45, 2.75) is 0 Å². The summed E-state index contributed by atoms with van der Waals surface area (Å²) >= 11 is 0. The van der Waals surface area contributed by atoms with Crippen LogP contribution < -0.4 is 11.1 Å². The number of halogens is 1. The number of hydrogen-bond donors (Lipinski definition) is 3. The predicted molar refractivity (Wildman–Crippen MR) is 42.0 cm³/mol. The smallest absolute Gasteiger partial charge is 0.224 e. The maximum Gasteiger partial charge on any atom is 0.224 e. The van der Waals surface area contributed by atoms with Crippen LogP contribution in [-0.4, -0.2) is 28.2 Å². The summed E-state index contributed by atoms with van der Waals surface area (Å²) in [6.45, 7) is 0.251. The minimum Gasteiger partial charge on any atom is -0.395 e. The lowest BCUT2D eigenvalue weighted by molar-refractivity contribution is 0.311. The van der Waals surface area contributed by atoms with Gasteiger partial charge in [-0.15, -0.1) is 0 Å². The minimum absolute atomic E-state index is 0.0501. The Bertz CT molecular complexity index is 247. The molecule has 0 unspecified atom stereocenters. The quantitative estimate of drug-likeness (QED) is 0.540. The number of nitrogens with two attached hydrogens (primary N) is 1. The van der Waals surface area contributed by atoms with Gasteiger partial charge in [-0.2, -0.15) is 14.4 Å². The molecule has 0 aliphatic heterocycles. The van der Waals surface area contributed by atoms with E-state index in [1.165, 1.54) is 0 Å². The Morgan fingerprint density at radius 1 is 1.58 bits per heavy atom. The van der Waals surface area contributed by atoms with Crippen LogP contribution in [0, 0.1) is 5.95 Å². The fraction of sp³-hybridized carbons (Fsp3) is 0.333. The molecule has 0 aliphatic rings. The normalized spacial score (nSPS) is 9.83. The zero-order chi connectivity index (χ0) is 8.97. The molecule has 0 spiro atoms. The Balaban J connectivity index is 2.72. The summed E-state index contributed by atoms with van der Waals surface area (Å²) in [5.41, 5.74) is 5.17. The van der Waals surface area contributed by atoms with Crippen LogP contribution in [0.5, 0.6) is 0 Å². The number of aromatic nitrogens is 2. The molecule has 0 aromatic carbocycles. The molecule has 1 aromatic heterocycles. The molecule has 5 nitrogen and oxygen atoms in total. The number of nitrogen functional groups attached to an aromatic ring is 1. The van der Waals surface area contributed by atoms with Gasteiger partial charge in [0.25, 0.3) is 0 Å². The number of anilines is 2. The van der Waals surface area contributed by atoms with Crippen molar-refractivity contribution in [3.63, 3.8) is 0 Å². The third-order valence-corrected chi connectivity index (χ3v) is 1.13. The van der Waals surface area contributed by atoms with Crippen LogP contribution in [0.2, 0.25) is 0 Å². The van der Waals surface area contributed by atoms with E-state index in [9.17, 15) is 4.39 Å². The van der Waals surface area contributed by atoms with Crippen LogP contribution in [0.15, 0.2) is 6.07 Å². The van der Waals surface area contributed by atoms with Crippen LogP contribution in [-0.2, 0) is 0 Å². The van der Waals surface area contributed by atoms with E-state index in [2.05, 4.69) is 15.3 Å². The molecular weight excluding hydrogens is 163 g/mol. The van der Waals surface area contributed by atoms with Gasteiger partial charge in [0.05, 0.1) is 6.61 Å². The SMILES string of the molecule is Nc1nc(F)cc(NCCO)n1. The van der Waals surface area contributed by atoms with Gasteiger partial charge in [-0.05, 0) is 0 Å². The molecule has 4 N–H and O–H groups in total. The molecule has 0 saturated heterocycles. The number of aliphatic hydroxyl groups is 1. The van der Waals surface area contributed by atoms with E-state index in [1.54, 1.807) is 0 Å². The van der Waals surface area contributed by atoms with Crippen molar-refractivity contribution in [2.24, 2.45) is 0 Å². The van der Waals surface area contributed by atoms with Crippen molar-refractivity contribution >= 4 is 11.8 Å². The van der Waals surface area contributed by atoms with Crippen molar-refractivity contribution in [1.29, 1.82) is 0 Å². The Hall–Kier alpha value is -1.43. The molecule has 0 saturated carbocycles. The lowest BCUT2D eigenvalue weighted by Crippen LogP contribution is -2.09. The van der Waals surface area contributed by atoms with E-state index in [-0.39, 0.29) is 18.4 Å². The van der Waals surface area contributed by atoms with E-state index in [0.717, 1.165) is 6.07 Å². The monoisotopic (exact) mass is 172 g/mol. The average molecular weight is 172 g/mol. The summed E-state index contributed by atoms with van der Waals surface area (Å²) in [6.07, 6.45) is 0. The third kappa shape index (κ3) is 2.31. The molecule has 0 aliphatic carbocycles. The lowest BCUT2D eigenvalue weighted by atomic mass is 10.5. The maximum absolute atomic E-state index is 12.5. The van der Waals surface area contributed by atoms with Crippen molar-refractivity contribution < 1.29 is 9.50 Å². The molecule has 1 heterocycles. The summed E-state index contributed by atoms with van der Waals surface area (Å²) in [7, 11) is 0. The van der Waals surface area contributed by atoms with Crippen molar-refractivity contribution in [3.05, 3.63) is 12.0 Å². The van der Waals surface area contributed by atoms with Gasteiger partial charge < -0.3 is 16.2 Å². The van der Waals surface area contributed by atoms with Crippen molar-refractivity contribution in [2.75, 3.05) is 24.2 Å². The Morgan fingerprint density at radius 2 is 2.33 bits per heavy atom. The number of hydrogen-bond acceptors (Lipinski definition) is 5. The van der Waals surface area contributed by atoms with Gasteiger partial charge in [0.1, 0.15) is 5.82 Å². The highest BCUT2D eigenvalue weighted by Gasteiger charge is 1.99. The molecular formula is C6H9FN4O. The predicted octanol–water partition coefficient (Wildman–Crippen LogP) is -0.398. The van der Waals surface area contributed by atoms with Gasteiger partial charge in [0.15, 0.2) is 0 Å². The highest BCUT2D eigenvalue weighted by atomic mass is 19.1. The average Bonchev–Trinajstić information content (AvgIpc) is 1.99. The Labute approximate surface area is 68.5 Å². The molecule has 0 bridgehead atoms. The minimum atomic E-state index is -0.692. The van der Waals surface area contributed by atoms with Crippen LogP contribution in [0.25, 0.3) is 0 Å². The molecule has 6 heteroatoms. The van der Waals surface area contributed by atoms with Gasteiger partial charge in [0.2, 0.25) is 11.9 Å². The number of aliphatic hydroxyl groups excluding tert-OH is 1. The molecule has 0 amide bonds. The van der Waals surface area contributed by atoms with Gasteiger partial charge >= 0.3 is 0 Å². The largest absolute Gasteiger partial charge is 0.395 e. The van der Waals surface area contributed by atoms with Crippen molar-refractivity contribution in [3.8, 4) is 0 Å². The Kier molecular flexibility index (Phi) is 2.76. The molecule has 12 heavy (non-hydrogen) atoms. The number of nitrogens with one attached hydrogen (secondary N) is 1. The molecule has 1 rings (SSSR count). The van der Waals surface area contributed by atoms with Crippen LogP contribution in [0.4, 0.5) is 16.2 Å². The number of nitrogens with zero attached hydrogens (tertiary/aromatic N) is 2. The lowest BCUT2D eigenvalue weighted by Gasteiger charge is -2.02. The molecule has 0 fully saturated rings. The van der Waals surface area contributed by atoms with E-state index >= 15 is 0 Å². The highest BCUT2D eigenvalue weighted by molar-refractivity contribution is 5.37. The summed E-state index contributed by atoms with van der Waals surface area (Å²) in [6, 6.07) is 1.10. The van der Waals surface area contributed by atoms with E-state index in [4.69, 9.17) is 10.8 Å². The van der Waals surface area contributed by atoms with E-state index in [0.29, 0.717) is 6.54 Å². The summed E-state index contributed by atoms with van der Waals surface area (Å²) in [4.78, 5) is 6.92. The van der Waals surface area contributed by atoms with E-state index in [1.807, 2.05) is 0 Å². The first-order valence-corrected chi connectivity index (χ1v) is 3.37. The first-order valence-electron chi connectivity index (χ1n) is 3.37. The zero-order valence-electron chi connectivity index (χ0n) is 6.29. The Morgan fingerprint density at radius 3 is 2.92 bits per heavy atom. The molecule has 1 aromatic rings. The first kappa shape index (κ1) is 8.66. The second kappa shape index (κ2) is 3.82. The number of rotatable bonds is 3. The van der Waals surface area contributed by atoms with Crippen LogP contribution in [0.3, 0.4) is 0 Å². The molecule has 66 valence electrons. The van der Waals surface area contributed by atoms with Gasteiger partial charge in [-0.1, -0.05) is 0 Å². The summed E-state index contributed by atoms with van der Waals surface area (Å²) < 4.78 is 12.5. The topological polar surface area (TPSA) is 84.1 Å². The van der Waals surface area contributed by atoms with E-state index < -0.39 is 5.95 Å². The van der Waals surface area contributed by atoms with Crippen LogP contribution >= 0.6 is 0 Å². The maximum atomic E-state index is 12.5. The third-order valence-electron chi connectivity index (χ3n) is 1.13. The first-order chi connectivity index (χ1) is 5.72. The second-order valence-corrected chi connectivity index (χ2v) is 2.08. The standard InChI is InChI=1S/C6H9FN4O/c7-4-3-5(9-1-2-12)11-6(8)10-4/h3,12H,1-2H2,(H3,8,9,10,11). The van der Waals surface area contributed by atoms with Gasteiger partial charge in [-0.25, -0.2) is 0 Å². The summed E-state index contributed by atoms with van der Waals surface area (Å²) in [5.74, 6) is -0.549. The highest BCUT2D eigenvalue weighted by Crippen LogP contribution is 2.05. The fourth-order valence-corrected chi connectivity index (χ4v) is 0.710. The van der Waals surface area contributed by atoms with Gasteiger partial charge in [-0.3, -0.25) is 0 Å². The zero-order valence-corrected chi connectivity index (χ0v) is 6.29. The summed E-state index contributed by atoms with van der Waals surface area (Å²) in [5, 5.41) is 11.1. The van der Waals surface area contributed by atoms with Crippen molar-refractivity contribution in [1.82, 2.24) is 9.97 Å². The second-order valence-electron chi connectivity index (χ2n) is 2.08. The molecule has 0 atom stereocenters.